The van der Waals surface area contributed by atoms with E-state index in [4.69, 9.17) is 4.74 Å². The first-order valence-corrected chi connectivity index (χ1v) is 11.2. The second kappa shape index (κ2) is 8.41. The maximum atomic E-state index is 13.1. The predicted molar refractivity (Wildman–Crippen MR) is 126 cm³/mol. The van der Waals surface area contributed by atoms with Crippen molar-refractivity contribution in [1.82, 2.24) is 15.2 Å². The fourth-order valence-electron chi connectivity index (χ4n) is 4.87. The molecule has 0 saturated carbocycles. The molecular formula is C26H27N3O4. The molecule has 5 rings (SSSR count). The first-order chi connectivity index (χ1) is 16.0. The lowest BCUT2D eigenvalue weighted by Crippen LogP contribution is -2.64. The number of para-hydroxylation sites is 1. The normalized spacial score (nSPS) is 21.6. The number of carbonyl (C=O) groups excluding carboxylic acids is 2. The molecule has 1 spiro atoms. The van der Waals surface area contributed by atoms with Gasteiger partial charge in [-0.3, -0.25) is 9.69 Å². The zero-order valence-electron chi connectivity index (χ0n) is 18.8. The van der Waals surface area contributed by atoms with E-state index in [1.807, 2.05) is 12.1 Å². The molecule has 3 aromatic rings. The first kappa shape index (κ1) is 21.3. The van der Waals surface area contributed by atoms with Gasteiger partial charge in [-0.2, -0.15) is 0 Å². The van der Waals surface area contributed by atoms with Crippen molar-refractivity contribution in [1.29, 1.82) is 0 Å². The van der Waals surface area contributed by atoms with Crippen LogP contribution in [-0.2, 0) is 9.53 Å². The number of hydrogen-bond acceptors (Lipinski definition) is 5. The topological polar surface area (TPSA) is 83.7 Å². The van der Waals surface area contributed by atoms with Crippen molar-refractivity contribution in [3.8, 4) is 5.75 Å². The molecule has 0 aliphatic carbocycles. The van der Waals surface area contributed by atoms with Gasteiger partial charge < -0.3 is 19.8 Å². The number of nitrogens with one attached hydrogen (secondary N) is 2. The number of nitrogens with zero attached hydrogens (tertiary/aromatic N) is 1. The molecule has 2 atom stereocenters. The maximum Gasteiger partial charge on any atom is 0.330 e. The standard InChI is InChI=1S/C26H27N3O4/c1-17(21-15-27-22-7-4-3-6-19(21)22)29-13-5-12-26(16-29)28-25(31)20-14-18(8-10-23(20)33-26)9-11-24(30)32-2/h3-4,6-11,14-15,17,27H,5,12-13,16H2,1-2H3,(H,28,31). The van der Waals surface area contributed by atoms with Crippen LogP contribution >= 0.6 is 0 Å². The van der Waals surface area contributed by atoms with E-state index in [2.05, 4.69) is 51.3 Å². The van der Waals surface area contributed by atoms with Crippen molar-refractivity contribution in [3.05, 3.63) is 71.4 Å². The lowest BCUT2D eigenvalue weighted by atomic mass is 9.95. The van der Waals surface area contributed by atoms with Gasteiger partial charge in [-0.1, -0.05) is 24.3 Å². The molecule has 2 N–H and O–H groups in total. The van der Waals surface area contributed by atoms with Crippen molar-refractivity contribution in [3.63, 3.8) is 0 Å². The van der Waals surface area contributed by atoms with Crippen LogP contribution in [0.15, 0.2) is 54.7 Å². The molecule has 7 nitrogen and oxygen atoms in total. The Morgan fingerprint density at radius 3 is 2.97 bits per heavy atom. The van der Waals surface area contributed by atoms with Gasteiger partial charge in [-0.25, -0.2) is 4.79 Å². The molecule has 2 unspecified atom stereocenters. The van der Waals surface area contributed by atoms with Crippen LogP contribution in [0.5, 0.6) is 5.75 Å². The van der Waals surface area contributed by atoms with Crippen LogP contribution in [0.1, 0.15) is 47.3 Å². The minimum atomic E-state index is -0.758. The largest absolute Gasteiger partial charge is 0.466 e. The van der Waals surface area contributed by atoms with Gasteiger partial charge in [0.2, 0.25) is 0 Å². The Bertz CT molecular complexity index is 1250. The Morgan fingerprint density at radius 1 is 1.27 bits per heavy atom. The molecule has 2 aromatic carbocycles. The highest BCUT2D eigenvalue weighted by Crippen LogP contribution is 2.37. The summed E-state index contributed by atoms with van der Waals surface area (Å²) in [4.78, 5) is 30.2. The molecule has 3 heterocycles. The summed E-state index contributed by atoms with van der Waals surface area (Å²) < 4.78 is 11.0. The van der Waals surface area contributed by atoms with E-state index in [0.717, 1.165) is 30.5 Å². The number of rotatable bonds is 4. The van der Waals surface area contributed by atoms with Crippen molar-refractivity contribution < 1.29 is 19.1 Å². The van der Waals surface area contributed by atoms with Gasteiger partial charge in [0.1, 0.15) is 5.75 Å². The number of fused-ring (bicyclic) bond motifs is 2. The molecule has 33 heavy (non-hydrogen) atoms. The summed E-state index contributed by atoms with van der Waals surface area (Å²) in [7, 11) is 1.33. The summed E-state index contributed by atoms with van der Waals surface area (Å²) in [6, 6.07) is 13.8. The number of H-pyrrole nitrogens is 1. The number of benzene rings is 2. The van der Waals surface area contributed by atoms with E-state index < -0.39 is 11.7 Å². The summed E-state index contributed by atoms with van der Waals surface area (Å²) in [6.07, 6.45) is 6.70. The van der Waals surface area contributed by atoms with Crippen LogP contribution in [-0.4, -0.2) is 47.7 Å². The van der Waals surface area contributed by atoms with Crippen molar-refractivity contribution >= 4 is 28.9 Å². The molecule has 170 valence electrons. The van der Waals surface area contributed by atoms with E-state index in [1.54, 1.807) is 18.2 Å². The number of ether oxygens (including phenoxy) is 2. The third-order valence-electron chi connectivity index (χ3n) is 6.61. The highest BCUT2D eigenvalue weighted by molar-refractivity contribution is 5.99. The van der Waals surface area contributed by atoms with Crippen LogP contribution in [0.4, 0.5) is 0 Å². The lowest BCUT2D eigenvalue weighted by molar-refractivity contribution is -0.134. The van der Waals surface area contributed by atoms with E-state index in [9.17, 15) is 9.59 Å². The van der Waals surface area contributed by atoms with Crippen LogP contribution in [0.2, 0.25) is 0 Å². The molecular weight excluding hydrogens is 418 g/mol. The second-order valence-corrected chi connectivity index (χ2v) is 8.70. The summed E-state index contributed by atoms with van der Waals surface area (Å²) in [5, 5.41) is 4.35. The number of aromatic amines is 1. The summed E-state index contributed by atoms with van der Waals surface area (Å²) >= 11 is 0. The molecule has 0 radical (unpaired) electrons. The van der Waals surface area contributed by atoms with E-state index in [0.29, 0.717) is 17.9 Å². The quantitative estimate of drug-likeness (QED) is 0.468. The fraction of sp³-hybridized carbons (Fsp3) is 0.308. The van der Waals surface area contributed by atoms with Gasteiger partial charge >= 0.3 is 5.97 Å². The van der Waals surface area contributed by atoms with Gasteiger partial charge in [-0.15, -0.1) is 0 Å². The molecule has 7 heteroatoms. The van der Waals surface area contributed by atoms with E-state index in [1.165, 1.54) is 24.1 Å². The zero-order valence-corrected chi connectivity index (χ0v) is 18.8. The highest BCUT2D eigenvalue weighted by Gasteiger charge is 2.44. The van der Waals surface area contributed by atoms with Gasteiger partial charge in [0, 0.05) is 35.6 Å². The predicted octanol–water partition coefficient (Wildman–Crippen LogP) is 4.03. The van der Waals surface area contributed by atoms with Crippen LogP contribution < -0.4 is 10.1 Å². The molecule has 1 amide bonds. The van der Waals surface area contributed by atoms with Crippen LogP contribution in [0.3, 0.4) is 0 Å². The number of methoxy groups -OCH3 is 1. The zero-order chi connectivity index (χ0) is 23.0. The van der Waals surface area contributed by atoms with Gasteiger partial charge in [0.05, 0.1) is 19.2 Å². The molecule has 2 aliphatic rings. The Balaban J connectivity index is 1.37. The minimum Gasteiger partial charge on any atom is -0.466 e. The molecule has 1 fully saturated rings. The summed E-state index contributed by atoms with van der Waals surface area (Å²) in [5.41, 5.74) is 2.81. The van der Waals surface area contributed by atoms with Crippen molar-refractivity contribution in [2.24, 2.45) is 0 Å². The number of esters is 1. The first-order valence-electron chi connectivity index (χ1n) is 11.2. The SMILES string of the molecule is COC(=O)C=Cc1ccc2c(c1)C(=O)NC1(CCCN(C(C)c3c[nH]c4ccccc34)C1)O2. The van der Waals surface area contributed by atoms with Crippen LogP contribution in [0, 0.1) is 0 Å². The summed E-state index contributed by atoms with van der Waals surface area (Å²) in [5.74, 6) is -0.0410. The van der Waals surface area contributed by atoms with Gasteiger partial charge in [0.15, 0.2) is 5.72 Å². The Kier molecular flexibility index (Phi) is 5.42. The second-order valence-electron chi connectivity index (χ2n) is 8.70. The van der Waals surface area contributed by atoms with Crippen molar-refractivity contribution in [2.75, 3.05) is 20.2 Å². The average Bonchev–Trinajstić information content (AvgIpc) is 3.26. The van der Waals surface area contributed by atoms with Gasteiger partial charge in [-0.05, 0) is 55.3 Å². The van der Waals surface area contributed by atoms with E-state index in [-0.39, 0.29) is 11.9 Å². The summed E-state index contributed by atoms with van der Waals surface area (Å²) in [6.45, 7) is 3.74. The third-order valence-corrected chi connectivity index (χ3v) is 6.61. The third kappa shape index (κ3) is 4.00. The maximum absolute atomic E-state index is 13.1. The Hall–Kier alpha value is -3.58. The molecule has 1 saturated heterocycles. The monoisotopic (exact) mass is 445 g/mol. The highest BCUT2D eigenvalue weighted by atomic mass is 16.5. The smallest absolute Gasteiger partial charge is 0.330 e. The van der Waals surface area contributed by atoms with Crippen molar-refractivity contribution in [2.45, 2.75) is 31.5 Å². The average molecular weight is 446 g/mol. The molecule has 1 aromatic heterocycles. The number of piperidine rings is 1. The van der Waals surface area contributed by atoms with Gasteiger partial charge in [0.25, 0.3) is 5.91 Å². The minimum absolute atomic E-state index is 0.161. The number of amides is 1. The van der Waals surface area contributed by atoms with Crippen LogP contribution in [0.25, 0.3) is 17.0 Å². The lowest BCUT2D eigenvalue weighted by Gasteiger charge is -2.47. The number of carbonyl (C=O) groups is 2. The number of hydrogen-bond donors (Lipinski definition) is 2. The Morgan fingerprint density at radius 2 is 2.12 bits per heavy atom. The Labute approximate surface area is 192 Å². The molecule has 2 aliphatic heterocycles. The fourth-order valence-corrected chi connectivity index (χ4v) is 4.87. The number of likely N-dealkylation sites (tertiary alicyclic amines) is 1. The molecule has 0 bridgehead atoms. The van der Waals surface area contributed by atoms with E-state index >= 15 is 0 Å². The number of aromatic nitrogens is 1.